The molecule has 0 aromatic heterocycles. The minimum Gasteiger partial charge on any atom is -0.274 e. The van der Waals surface area contributed by atoms with Crippen LogP contribution in [0.4, 0.5) is 5.69 Å². The van der Waals surface area contributed by atoms with Gasteiger partial charge in [-0.3, -0.25) is 14.5 Å². The lowest BCUT2D eigenvalue weighted by atomic mass is 9.96. The largest absolute Gasteiger partial charge is 0.274 e. The number of halogens is 1. The topological polar surface area (TPSA) is 37.4 Å². The normalized spacial score (nSPS) is 24.9. The Morgan fingerprint density at radius 3 is 2.24 bits per heavy atom. The van der Waals surface area contributed by atoms with E-state index in [1.54, 1.807) is 0 Å². The summed E-state index contributed by atoms with van der Waals surface area (Å²) < 4.78 is 1.02. The molecule has 2 amide bonds. The Labute approximate surface area is 131 Å². The summed E-state index contributed by atoms with van der Waals surface area (Å²) in [5, 5.41) is 2.13. The summed E-state index contributed by atoms with van der Waals surface area (Å²) in [6.45, 7) is 0. The Kier molecular flexibility index (Phi) is 2.89. The summed E-state index contributed by atoms with van der Waals surface area (Å²) in [4.78, 5) is 26.4. The molecular weight excluding hydrogens is 330 g/mol. The van der Waals surface area contributed by atoms with Gasteiger partial charge in [0.25, 0.3) is 0 Å². The van der Waals surface area contributed by atoms with Gasteiger partial charge in [-0.1, -0.05) is 28.1 Å². The van der Waals surface area contributed by atoms with Crippen LogP contribution in [0.25, 0.3) is 10.8 Å². The van der Waals surface area contributed by atoms with E-state index in [2.05, 4.69) is 15.9 Å². The maximum Gasteiger partial charge on any atom is 0.236 e. The molecule has 4 rings (SSSR count). The van der Waals surface area contributed by atoms with E-state index in [9.17, 15) is 9.59 Å². The smallest absolute Gasteiger partial charge is 0.236 e. The van der Waals surface area contributed by atoms with Crippen LogP contribution in [-0.4, -0.2) is 11.8 Å². The third kappa shape index (κ3) is 2.01. The number of carbonyl (C=O) groups excluding carboxylic acids is 2. The quantitative estimate of drug-likeness (QED) is 0.736. The predicted molar refractivity (Wildman–Crippen MR) is 85.0 cm³/mol. The maximum atomic E-state index is 12.5. The average molecular weight is 344 g/mol. The van der Waals surface area contributed by atoms with Crippen LogP contribution in [0.3, 0.4) is 0 Å². The van der Waals surface area contributed by atoms with Crippen LogP contribution in [-0.2, 0) is 9.59 Å². The second-order valence-corrected chi connectivity index (χ2v) is 6.81. The van der Waals surface area contributed by atoms with Crippen LogP contribution in [0.2, 0.25) is 0 Å². The minimum absolute atomic E-state index is 0.0230. The molecule has 1 saturated carbocycles. The van der Waals surface area contributed by atoms with Gasteiger partial charge in [-0.25, -0.2) is 0 Å². The maximum absolute atomic E-state index is 12.5. The highest BCUT2D eigenvalue weighted by atomic mass is 79.9. The van der Waals surface area contributed by atoms with E-state index in [-0.39, 0.29) is 23.7 Å². The molecule has 3 nitrogen and oxygen atoms in total. The molecule has 1 heterocycles. The average Bonchev–Trinajstić information content (AvgIpc) is 2.93. The SMILES string of the molecule is O=C1C2CCC(C2)C(=O)N1c1ccc2cc(Br)ccc2c1. The Balaban J connectivity index is 1.80. The van der Waals surface area contributed by atoms with Crippen LogP contribution >= 0.6 is 15.9 Å². The molecule has 1 aliphatic carbocycles. The highest BCUT2D eigenvalue weighted by molar-refractivity contribution is 9.10. The molecule has 2 aliphatic rings. The van der Waals surface area contributed by atoms with Crippen molar-refractivity contribution in [1.29, 1.82) is 0 Å². The molecule has 0 radical (unpaired) electrons. The Bertz CT molecular complexity index is 748. The van der Waals surface area contributed by atoms with E-state index >= 15 is 0 Å². The molecule has 2 aromatic carbocycles. The molecule has 1 saturated heterocycles. The summed E-state index contributed by atoms with van der Waals surface area (Å²) >= 11 is 3.45. The Morgan fingerprint density at radius 1 is 0.905 bits per heavy atom. The van der Waals surface area contributed by atoms with Crippen molar-refractivity contribution in [3.63, 3.8) is 0 Å². The lowest BCUT2D eigenvalue weighted by molar-refractivity contribution is -0.132. The monoisotopic (exact) mass is 343 g/mol. The first-order valence-electron chi connectivity index (χ1n) is 7.20. The summed E-state index contributed by atoms with van der Waals surface area (Å²) in [7, 11) is 0. The van der Waals surface area contributed by atoms with Crippen molar-refractivity contribution < 1.29 is 9.59 Å². The van der Waals surface area contributed by atoms with Crippen LogP contribution < -0.4 is 4.90 Å². The predicted octanol–water partition coefficient (Wildman–Crippen LogP) is 3.89. The van der Waals surface area contributed by atoms with Gasteiger partial charge in [0, 0.05) is 16.3 Å². The van der Waals surface area contributed by atoms with Crippen molar-refractivity contribution in [2.45, 2.75) is 19.3 Å². The van der Waals surface area contributed by atoms with Crippen molar-refractivity contribution in [3.8, 4) is 0 Å². The molecule has 0 N–H and O–H groups in total. The van der Waals surface area contributed by atoms with Crippen molar-refractivity contribution >= 4 is 44.2 Å². The van der Waals surface area contributed by atoms with Gasteiger partial charge in [-0.2, -0.15) is 0 Å². The summed E-state index contributed by atoms with van der Waals surface area (Å²) in [5.74, 6) is 0.0250. The van der Waals surface area contributed by atoms with Crippen molar-refractivity contribution in [1.82, 2.24) is 0 Å². The van der Waals surface area contributed by atoms with E-state index in [1.165, 1.54) is 4.90 Å². The van der Waals surface area contributed by atoms with E-state index in [0.29, 0.717) is 5.69 Å². The van der Waals surface area contributed by atoms with Crippen molar-refractivity contribution in [2.75, 3.05) is 4.90 Å². The minimum atomic E-state index is -0.0230. The zero-order valence-electron chi connectivity index (χ0n) is 11.4. The number of fused-ring (bicyclic) bond motifs is 3. The Morgan fingerprint density at radius 2 is 1.52 bits per heavy atom. The highest BCUT2D eigenvalue weighted by Crippen LogP contribution is 2.40. The van der Waals surface area contributed by atoms with Gasteiger partial charge in [0.05, 0.1) is 5.69 Å². The van der Waals surface area contributed by atoms with Gasteiger partial charge in [0.1, 0.15) is 0 Å². The number of hydrogen-bond donors (Lipinski definition) is 0. The third-order valence-corrected chi connectivity index (χ3v) is 5.11. The molecule has 2 fully saturated rings. The van der Waals surface area contributed by atoms with Crippen LogP contribution in [0.15, 0.2) is 40.9 Å². The number of imide groups is 1. The number of anilines is 1. The fourth-order valence-corrected chi connectivity index (χ4v) is 3.88. The number of nitrogens with zero attached hydrogens (tertiary/aromatic N) is 1. The summed E-state index contributed by atoms with van der Waals surface area (Å²) in [6.07, 6.45) is 2.45. The molecule has 1 aliphatic heterocycles. The molecule has 2 unspecified atom stereocenters. The number of hydrogen-bond acceptors (Lipinski definition) is 2. The van der Waals surface area contributed by atoms with Crippen molar-refractivity contribution in [2.24, 2.45) is 11.8 Å². The van der Waals surface area contributed by atoms with Gasteiger partial charge in [0.2, 0.25) is 11.8 Å². The van der Waals surface area contributed by atoms with E-state index in [1.807, 2.05) is 36.4 Å². The lowest BCUT2D eigenvalue weighted by Gasteiger charge is -2.29. The standard InChI is InChI=1S/C17H14BrNO2/c18-14-5-3-11-9-15(6-4-10(11)8-14)19-16(20)12-1-2-13(7-12)17(19)21/h3-6,8-9,12-13H,1-2,7H2. The van der Waals surface area contributed by atoms with Crippen molar-refractivity contribution in [3.05, 3.63) is 40.9 Å². The fraction of sp³-hybridized carbons (Fsp3) is 0.294. The molecule has 2 atom stereocenters. The highest BCUT2D eigenvalue weighted by Gasteiger charge is 2.45. The molecule has 106 valence electrons. The molecule has 4 heteroatoms. The zero-order chi connectivity index (χ0) is 14.6. The first kappa shape index (κ1) is 13.0. The van der Waals surface area contributed by atoms with Gasteiger partial charge < -0.3 is 0 Å². The van der Waals surface area contributed by atoms with E-state index in [4.69, 9.17) is 0 Å². The molecule has 2 bridgehead atoms. The van der Waals surface area contributed by atoms with E-state index < -0.39 is 0 Å². The van der Waals surface area contributed by atoms with Gasteiger partial charge >= 0.3 is 0 Å². The van der Waals surface area contributed by atoms with Crippen LogP contribution in [0.1, 0.15) is 19.3 Å². The first-order valence-corrected chi connectivity index (χ1v) is 8.00. The first-order chi connectivity index (χ1) is 10.1. The number of amides is 2. The van der Waals surface area contributed by atoms with Gasteiger partial charge in [0.15, 0.2) is 0 Å². The summed E-state index contributed by atoms with van der Waals surface area (Å²) in [5.41, 5.74) is 0.705. The number of carbonyl (C=O) groups is 2. The van der Waals surface area contributed by atoms with Crippen LogP contribution in [0, 0.1) is 11.8 Å². The zero-order valence-corrected chi connectivity index (χ0v) is 13.0. The lowest BCUT2D eigenvalue weighted by Crippen LogP contribution is -2.46. The number of piperidine rings is 1. The number of rotatable bonds is 1. The molecular formula is C17H14BrNO2. The number of benzene rings is 2. The fourth-order valence-electron chi connectivity index (χ4n) is 3.50. The second-order valence-electron chi connectivity index (χ2n) is 5.89. The van der Waals surface area contributed by atoms with E-state index in [0.717, 1.165) is 34.5 Å². The van der Waals surface area contributed by atoms with Gasteiger partial charge in [-0.05, 0) is 54.3 Å². The molecule has 2 aromatic rings. The Hall–Kier alpha value is -1.68. The van der Waals surface area contributed by atoms with Crippen LogP contribution in [0.5, 0.6) is 0 Å². The third-order valence-electron chi connectivity index (χ3n) is 4.62. The van der Waals surface area contributed by atoms with Gasteiger partial charge in [-0.15, -0.1) is 0 Å². The molecule has 21 heavy (non-hydrogen) atoms. The molecule has 0 spiro atoms. The summed E-state index contributed by atoms with van der Waals surface area (Å²) in [6, 6.07) is 11.8. The second kappa shape index (κ2) is 4.67.